The normalized spacial score (nSPS) is 36.8. The van der Waals surface area contributed by atoms with Gasteiger partial charge in [0.05, 0.1) is 0 Å². The average molecular weight is 113 g/mol. The molecule has 0 saturated heterocycles. The summed E-state index contributed by atoms with van der Waals surface area (Å²) in [6, 6.07) is 0.407. The van der Waals surface area contributed by atoms with Gasteiger partial charge in [-0.25, -0.2) is 0 Å². The van der Waals surface area contributed by atoms with Gasteiger partial charge < -0.3 is 5.73 Å². The molecule has 0 unspecified atom stereocenters. The Kier molecular flexibility index (Phi) is 1.12. The van der Waals surface area contributed by atoms with Crippen LogP contribution in [0.15, 0.2) is 0 Å². The van der Waals surface area contributed by atoms with Crippen molar-refractivity contribution in [3.63, 3.8) is 0 Å². The lowest BCUT2D eigenvalue weighted by Gasteiger charge is -2.04. The van der Waals surface area contributed by atoms with E-state index in [9.17, 15) is 0 Å². The molecule has 1 nitrogen and oxygen atoms in total. The molecule has 1 heteroatoms. The Morgan fingerprint density at radius 3 is 2.00 bits per heavy atom. The summed E-state index contributed by atoms with van der Waals surface area (Å²) in [7, 11) is 0. The van der Waals surface area contributed by atoms with Crippen LogP contribution in [0, 0.1) is 11.3 Å². The Morgan fingerprint density at radius 1 is 1.62 bits per heavy atom. The molecule has 0 aliphatic heterocycles. The van der Waals surface area contributed by atoms with Crippen molar-refractivity contribution >= 4 is 0 Å². The molecule has 2 atom stereocenters. The Bertz CT molecular complexity index is 94.6. The molecule has 0 spiro atoms. The first kappa shape index (κ1) is 6.09. The Morgan fingerprint density at radius 2 is 2.00 bits per heavy atom. The molecular weight excluding hydrogens is 98.1 g/mol. The van der Waals surface area contributed by atoms with Crippen molar-refractivity contribution in [3.05, 3.63) is 0 Å². The smallest absolute Gasteiger partial charge is 0.00440 e. The maximum atomic E-state index is 5.67. The molecule has 1 aliphatic rings. The van der Waals surface area contributed by atoms with Gasteiger partial charge >= 0.3 is 0 Å². The van der Waals surface area contributed by atoms with Crippen molar-refractivity contribution in [1.82, 2.24) is 0 Å². The van der Waals surface area contributed by atoms with Gasteiger partial charge in [-0.3, -0.25) is 0 Å². The topological polar surface area (TPSA) is 26.0 Å². The zero-order valence-electron chi connectivity index (χ0n) is 5.94. The Labute approximate surface area is 51.3 Å². The fourth-order valence-electron chi connectivity index (χ4n) is 1.41. The van der Waals surface area contributed by atoms with E-state index in [1.165, 1.54) is 6.42 Å². The molecule has 0 radical (unpaired) electrons. The molecule has 0 bridgehead atoms. The lowest BCUT2D eigenvalue weighted by atomic mass is 10.1. The van der Waals surface area contributed by atoms with E-state index in [2.05, 4.69) is 20.8 Å². The van der Waals surface area contributed by atoms with Gasteiger partial charge in [0, 0.05) is 6.04 Å². The van der Waals surface area contributed by atoms with Crippen molar-refractivity contribution in [2.75, 3.05) is 0 Å². The summed E-state index contributed by atoms with van der Waals surface area (Å²) in [6.45, 7) is 6.65. The van der Waals surface area contributed by atoms with Crippen LogP contribution in [0.25, 0.3) is 0 Å². The molecule has 1 saturated carbocycles. The van der Waals surface area contributed by atoms with Crippen LogP contribution in [0.2, 0.25) is 0 Å². The van der Waals surface area contributed by atoms with Gasteiger partial charge in [-0.1, -0.05) is 13.8 Å². The number of rotatable bonds is 1. The largest absolute Gasteiger partial charge is 0.328 e. The van der Waals surface area contributed by atoms with E-state index in [0.29, 0.717) is 11.5 Å². The predicted octanol–water partition coefficient (Wildman–Crippen LogP) is 1.38. The van der Waals surface area contributed by atoms with Crippen LogP contribution in [0.5, 0.6) is 0 Å². The number of nitrogens with two attached hydrogens (primary N) is 1. The maximum absolute atomic E-state index is 5.67. The van der Waals surface area contributed by atoms with E-state index in [1.54, 1.807) is 0 Å². The van der Waals surface area contributed by atoms with Crippen LogP contribution >= 0.6 is 0 Å². The molecular formula is C7H15N. The van der Waals surface area contributed by atoms with Crippen molar-refractivity contribution in [2.45, 2.75) is 33.2 Å². The van der Waals surface area contributed by atoms with E-state index in [-0.39, 0.29) is 0 Å². The van der Waals surface area contributed by atoms with E-state index in [1.807, 2.05) is 0 Å². The molecule has 0 aromatic rings. The quantitative estimate of drug-likeness (QED) is 0.546. The molecule has 0 aromatic carbocycles. The minimum atomic E-state index is 0.407. The Hall–Kier alpha value is -0.0400. The first-order valence-corrected chi connectivity index (χ1v) is 3.29. The molecule has 48 valence electrons. The van der Waals surface area contributed by atoms with E-state index in [0.717, 1.165) is 5.92 Å². The standard InChI is InChI=1S/C7H15N/c1-5(8)6-4-7(6,2)3/h5-6H,4,8H2,1-3H3/t5-,6+/m1/s1. The Balaban J connectivity index is 2.37. The van der Waals surface area contributed by atoms with Gasteiger partial charge in [0.2, 0.25) is 0 Å². The molecule has 1 aliphatic carbocycles. The van der Waals surface area contributed by atoms with Crippen molar-refractivity contribution in [1.29, 1.82) is 0 Å². The van der Waals surface area contributed by atoms with Crippen molar-refractivity contribution in [3.8, 4) is 0 Å². The van der Waals surface area contributed by atoms with Crippen LogP contribution in [0.4, 0.5) is 0 Å². The monoisotopic (exact) mass is 113 g/mol. The zero-order chi connectivity index (χ0) is 6.36. The SMILES string of the molecule is C[C@@H](N)[C@@H]1CC1(C)C. The summed E-state index contributed by atoms with van der Waals surface area (Å²) in [4.78, 5) is 0. The zero-order valence-corrected chi connectivity index (χ0v) is 5.94. The highest BCUT2D eigenvalue weighted by molar-refractivity contribution is 4.99. The highest BCUT2D eigenvalue weighted by Crippen LogP contribution is 2.52. The van der Waals surface area contributed by atoms with Crippen LogP contribution < -0.4 is 5.73 Å². The van der Waals surface area contributed by atoms with Crippen LogP contribution in [0.3, 0.4) is 0 Å². The molecule has 1 fully saturated rings. The van der Waals surface area contributed by atoms with E-state index >= 15 is 0 Å². The van der Waals surface area contributed by atoms with Gasteiger partial charge in [0.25, 0.3) is 0 Å². The second-order valence-electron chi connectivity index (χ2n) is 3.66. The van der Waals surface area contributed by atoms with Gasteiger partial charge in [-0.2, -0.15) is 0 Å². The second kappa shape index (κ2) is 1.47. The van der Waals surface area contributed by atoms with Crippen molar-refractivity contribution < 1.29 is 0 Å². The molecule has 0 heterocycles. The first-order valence-electron chi connectivity index (χ1n) is 3.29. The van der Waals surface area contributed by atoms with E-state index in [4.69, 9.17) is 5.73 Å². The summed E-state index contributed by atoms with van der Waals surface area (Å²) < 4.78 is 0. The molecule has 8 heavy (non-hydrogen) atoms. The third-order valence-electron chi connectivity index (χ3n) is 2.22. The molecule has 1 rings (SSSR count). The predicted molar refractivity (Wildman–Crippen MR) is 35.5 cm³/mol. The number of hydrogen-bond donors (Lipinski definition) is 1. The summed E-state index contributed by atoms with van der Waals surface area (Å²) in [6.07, 6.45) is 1.32. The lowest BCUT2D eigenvalue weighted by molar-refractivity contribution is 0.501. The summed E-state index contributed by atoms with van der Waals surface area (Å²) in [5, 5.41) is 0. The maximum Gasteiger partial charge on any atom is 0.00440 e. The summed E-state index contributed by atoms with van der Waals surface area (Å²) >= 11 is 0. The van der Waals surface area contributed by atoms with Gasteiger partial charge in [0.1, 0.15) is 0 Å². The fourth-order valence-corrected chi connectivity index (χ4v) is 1.41. The van der Waals surface area contributed by atoms with E-state index < -0.39 is 0 Å². The fraction of sp³-hybridized carbons (Fsp3) is 1.00. The van der Waals surface area contributed by atoms with Crippen LogP contribution in [-0.4, -0.2) is 6.04 Å². The van der Waals surface area contributed by atoms with Crippen LogP contribution in [0.1, 0.15) is 27.2 Å². The molecule has 0 aromatic heterocycles. The third-order valence-corrected chi connectivity index (χ3v) is 2.22. The van der Waals surface area contributed by atoms with Gasteiger partial charge in [-0.15, -0.1) is 0 Å². The second-order valence-corrected chi connectivity index (χ2v) is 3.66. The minimum Gasteiger partial charge on any atom is -0.328 e. The molecule has 2 N–H and O–H groups in total. The van der Waals surface area contributed by atoms with Gasteiger partial charge in [0.15, 0.2) is 0 Å². The number of hydrogen-bond acceptors (Lipinski definition) is 1. The molecule has 0 amide bonds. The minimum absolute atomic E-state index is 0.407. The van der Waals surface area contributed by atoms with Crippen LogP contribution in [-0.2, 0) is 0 Å². The van der Waals surface area contributed by atoms with Crippen molar-refractivity contribution in [2.24, 2.45) is 17.1 Å². The first-order chi connectivity index (χ1) is 3.54. The van der Waals surface area contributed by atoms with Gasteiger partial charge in [-0.05, 0) is 24.7 Å². The highest BCUT2D eigenvalue weighted by atomic mass is 14.7. The average Bonchev–Trinajstić information content (AvgIpc) is 2.13. The highest BCUT2D eigenvalue weighted by Gasteiger charge is 2.47. The lowest BCUT2D eigenvalue weighted by Crippen LogP contribution is -2.19. The summed E-state index contributed by atoms with van der Waals surface area (Å²) in [5.74, 6) is 0.794. The summed E-state index contributed by atoms with van der Waals surface area (Å²) in [5.41, 5.74) is 6.24. The third kappa shape index (κ3) is 0.873.